The fraction of sp³-hybridized carbons (Fsp3) is 0.741. The van der Waals surface area contributed by atoms with Crippen LogP contribution >= 0.6 is 22.7 Å². The van der Waals surface area contributed by atoms with Gasteiger partial charge in [-0.15, -0.1) is 22.7 Å². The summed E-state index contributed by atoms with van der Waals surface area (Å²) in [5, 5.41) is 32.7. The summed E-state index contributed by atoms with van der Waals surface area (Å²) >= 11 is 2.22. The van der Waals surface area contributed by atoms with Gasteiger partial charge in [-0.1, -0.05) is 82.1 Å². The number of rotatable bonds is 25. The topological polar surface area (TPSA) is 272 Å². The lowest BCUT2D eigenvalue weighted by atomic mass is 9.81. The number of likely N-dealkylation sites (tertiary alicyclic amines) is 2. The second-order valence-electron chi connectivity index (χ2n) is 23.0. The molecule has 20 nitrogen and oxygen atoms in total. The van der Waals surface area contributed by atoms with Crippen LogP contribution in [-0.4, -0.2) is 164 Å². The van der Waals surface area contributed by atoms with Gasteiger partial charge >= 0.3 is 29.8 Å². The number of piperidine rings is 2. The molecule has 4 rings (SSSR count). The number of carbonyl (C=O) groups excluding carboxylic acids is 7. The van der Waals surface area contributed by atoms with Crippen molar-refractivity contribution in [3.8, 4) is 0 Å². The number of Topliss-reactive ketones (excluding diaryl/α,β-unsaturated/α-hetero) is 2. The van der Waals surface area contributed by atoms with E-state index in [1.807, 2.05) is 69.5 Å². The van der Waals surface area contributed by atoms with Crippen molar-refractivity contribution in [1.82, 2.24) is 29.6 Å². The molecule has 452 valence electrons. The molecule has 2 aliphatic rings. The van der Waals surface area contributed by atoms with E-state index >= 15 is 0 Å². The molecule has 0 bridgehead atoms. The Bertz CT molecular complexity index is 2360. The summed E-state index contributed by atoms with van der Waals surface area (Å²) in [4.78, 5) is 124. The zero-order chi connectivity index (χ0) is 61.0. The van der Waals surface area contributed by atoms with Crippen LogP contribution in [0.25, 0.3) is 0 Å². The zero-order valence-corrected chi connectivity index (χ0v) is 52.2. The molecule has 3 N–H and O–H groups in total. The van der Waals surface area contributed by atoms with Gasteiger partial charge in [-0.05, 0) is 88.4 Å². The minimum absolute atomic E-state index is 0.0135. The van der Waals surface area contributed by atoms with Gasteiger partial charge in [0.2, 0.25) is 11.8 Å². The number of aliphatic hydroxyl groups is 1. The fourth-order valence-electron chi connectivity index (χ4n) is 10.4. The first-order chi connectivity index (χ1) is 37.3. The van der Waals surface area contributed by atoms with Crippen LogP contribution < -0.4 is 0 Å². The Morgan fingerprint density at radius 3 is 1.34 bits per heavy atom. The van der Waals surface area contributed by atoms with Gasteiger partial charge in [0.05, 0.1) is 12.1 Å². The number of carboxylic acid groups (broad SMARTS) is 2. The van der Waals surface area contributed by atoms with E-state index in [1.54, 1.807) is 23.9 Å². The third-order valence-corrected chi connectivity index (χ3v) is 17.8. The van der Waals surface area contributed by atoms with E-state index in [9.17, 15) is 53.4 Å². The Kier molecular flexibility index (Phi) is 30.0. The van der Waals surface area contributed by atoms with Crippen LogP contribution in [-0.2, 0) is 43.0 Å². The Labute approximate surface area is 482 Å². The van der Waals surface area contributed by atoms with Crippen LogP contribution in [0, 0.1) is 47.3 Å². The molecule has 0 spiro atoms. The van der Waals surface area contributed by atoms with Crippen LogP contribution in [0.4, 0.5) is 0 Å². The first-order valence-electron chi connectivity index (χ1n) is 28.2. The molecule has 2 fully saturated rings. The summed E-state index contributed by atoms with van der Waals surface area (Å²) in [6.45, 7) is 25.9. The van der Waals surface area contributed by atoms with Crippen LogP contribution in [0.2, 0.25) is 0 Å². The zero-order valence-electron chi connectivity index (χ0n) is 50.6. The van der Waals surface area contributed by atoms with Crippen molar-refractivity contribution < 1.29 is 67.9 Å². The number of nitrogens with zero attached hydrogens (tertiary/aromatic N) is 6. The number of hydrogen-bond donors (Lipinski definition) is 3. The molecule has 2 aromatic rings. The van der Waals surface area contributed by atoms with Gasteiger partial charge in [0, 0.05) is 95.2 Å². The third-order valence-electron chi connectivity index (χ3n) is 15.9. The molecule has 0 saturated carbocycles. The van der Waals surface area contributed by atoms with E-state index in [1.165, 1.54) is 31.5 Å². The number of ether oxygens (including phenoxy) is 2. The van der Waals surface area contributed by atoms with E-state index in [0.29, 0.717) is 21.9 Å². The molecular weight excluding hydrogens is 1070 g/mol. The predicted molar refractivity (Wildman–Crippen MR) is 307 cm³/mol. The van der Waals surface area contributed by atoms with Gasteiger partial charge in [-0.2, -0.15) is 0 Å². The molecule has 0 aliphatic carbocycles. The van der Waals surface area contributed by atoms with Crippen molar-refractivity contribution in [3.05, 3.63) is 32.2 Å². The Morgan fingerprint density at radius 2 is 1.01 bits per heavy atom. The molecule has 12 atom stereocenters. The normalized spacial score (nSPS) is 20.6. The average molecular weight is 1160 g/mol. The summed E-state index contributed by atoms with van der Waals surface area (Å²) in [5.41, 5.74) is -0.197. The Morgan fingerprint density at radius 1 is 0.637 bits per heavy atom. The highest BCUT2D eigenvalue weighted by molar-refractivity contribution is 7.10. The molecule has 2 aromatic heterocycles. The molecule has 2 aliphatic heterocycles. The Balaban J connectivity index is 0.000000489. The van der Waals surface area contributed by atoms with Crippen molar-refractivity contribution in [2.24, 2.45) is 47.3 Å². The maximum atomic E-state index is 13.9. The van der Waals surface area contributed by atoms with Crippen LogP contribution in [0.5, 0.6) is 0 Å². The SMILES string of the molecule is CC(=O)OC(C)=O.CC[C@H](C)[C@H](CC(=O)[C@H]1C[C@H](C)CCN1C)C(=O)N(C)[C@H](C[C@@H](O)c1nc(C(=O)O)cs1)C(C)C.CC[C@H](C)[C@H](CC(=O)[C@H]1C[C@H](C)CCN1C)C(=O)N(C)[C@H](C[C@@H](OC(C)=O)c1nc(C(=O)O)cs1)C(C)C. The number of carbonyl (C=O) groups is 9. The number of esters is 3. The predicted octanol–water partition coefficient (Wildman–Crippen LogP) is 8.87. The van der Waals surface area contributed by atoms with Crippen molar-refractivity contribution >= 4 is 75.9 Å². The first kappa shape index (κ1) is 71.1. The van der Waals surface area contributed by atoms with Crippen molar-refractivity contribution in [3.63, 3.8) is 0 Å². The number of aliphatic hydroxyl groups excluding tert-OH is 1. The van der Waals surface area contributed by atoms with Gasteiger partial charge in [0.1, 0.15) is 16.1 Å². The molecule has 2 amide bonds. The van der Waals surface area contributed by atoms with Crippen LogP contribution in [0.15, 0.2) is 10.8 Å². The van der Waals surface area contributed by atoms with Gasteiger partial charge in [-0.25, -0.2) is 19.6 Å². The van der Waals surface area contributed by atoms with Crippen molar-refractivity contribution in [1.29, 1.82) is 0 Å². The van der Waals surface area contributed by atoms with Crippen LogP contribution in [0.3, 0.4) is 0 Å². The van der Waals surface area contributed by atoms with Gasteiger partial charge in [0.25, 0.3) is 0 Å². The second-order valence-corrected chi connectivity index (χ2v) is 24.8. The number of aromatic carboxylic acids is 2. The van der Waals surface area contributed by atoms with E-state index in [4.69, 9.17) is 9.84 Å². The quantitative estimate of drug-likeness (QED) is 0.0618. The Hall–Kier alpha value is -5.03. The second kappa shape index (κ2) is 33.8. The molecule has 22 heteroatoms. The molecule has 4 heterocycles. The standard InChI is InChI=1S/C28H45N3O6S.C26H43N3O5S.C4H6O3/c1-9-18(5)20(13-24(33)23-12-17(4)10-11-30(23)7)27(34)31(8)22(16(2)3)14-25(37-19(6)32)26-29-21(15-38-26)28(35)36;1-8-17(5)18(12-22(30)21-11-16(4)9-10-28(21)6)25(32)29(7)20(15(2)3)13-23(31)24-27-19(14-35-24)26(33)34;1-3(5)7-4(2)6/h15-18,20,22-23,25H,9-14H2,1-8H3,(H,35,36);14-18,20-21,23,31H,8-13H2,1-7H3,(H,33,34);1-2H3/t17-,18+,20+,22-,23-,25-;16-,17+,18+,20-,21-,23-;/m11./s1. The lowest BCUT2D eigenvalue weighted by Crippen LogP contribution is -2.48. The van der Waals surface area contributed by atoms with E-state index < -0.39 is 53.9 Å². The molecule has 0 aromatic carbocycles. The highest BCUT2D eigenvalue weighted by Crippen LogP contribution is 2.35. The van der Waals surface area contributed by atoms with E-state index in [2.05, 4.69) is 38.4 Å². The highest BCUT2D eigenvalue weighted by Gasteiger charge is 2.40. The van der Waals surface area contributed by atoms with E-state index in [-0.39, 0.29) is 108 Å². The first-order valence-corrected chi connectivity index (χ1v) is 29.9. The molecule has 0 unspecified atom stereocenters. The lowest BCUT2D eigenvalue weighted by Gasteiger charge is -2.38. The summed E-state index contributed by atoms with van der Waals surface area (Å²) in [7, 11) is 7.47. The minimum atomic E-state index is -1.15. The third kappa shape index (κ3) is 22.0. The van der Waals surface area contributed by atoms with Crippen LogP contribution in [0.1, 0.15) is 197 Å². The fourth-order valence-corrected chi connectivity index (χ4v) is 12.1. The average Bonchev–Trinajstić information content (AvgIpc) is 4.10. The van der Waals surface area contributed by atoms with Crippen molar-refractivity contribution in [2.45, 2.75) is 191 Å². The van der Waals surface area contributed by atoms with Gasteiger partial charge < -0.3 is 34.6 Å². The molecular formula is C58H94N6O14S2. The highest BCUT2D eigenvalue weighted by atomic mass is 32.1. The monoisotopic (exact) mass is 1160 g/mol. The number of amides is 2. The number of hydrogen-bond acceptors (Lipinski definition) is 18. The smallest absolute Gasteiger partial charge is 0.355 e. The number of thiazole rings is 2. The van der Waals surface area contributed by atoms with E-state index in [0.717, 1.165) is 74.3 Å². The summed E-state index contributed by atoms with van der Waals surface area (Å²) in [5.74, 6) is -3.57. The maximum Gasteiger partial charge on any atom is 0.355 e. The number of likely N-dealkylation sites (N-methyl/N-ethyl adjacent to an activating group) is 2. The molecule has 80 heavy (non-hydrogen) atoms. The minimum Gasteiger partial charge on any atom is -0.476 e. The maximum absolute atomic E-state index is 13.9. The summed E-state index contributed by atoms with van der Waals surface area (Å²) in [6.07, 6.45) is 4.56. The number of aromatic nitrogens is 2. The molecule has 2 saturated heterocycles. The van der Waals surface area contributed by atoms with Gasteiger partial charge in [-0.3, -0.25) is 43.4 Å². The summed E-state index contributed by atoms with van der Waals surface area (Å²) < 4.78 is 9.53. The molecule has 0 radical (unpaired) electrons. The number of carboxylic acids is 2. The largest absolute Gasteiger partial charge is 0.476 e. The van der Waals surface area contributed by atoms with Crippen molar-refractivity contribution in [2.75, 3.05) is 41.3 Å². The summed E-state index contributed by atoms with van der Waals surface area (Å²) in [6, 6.07) is -0.901. The lowest BCUT2D eigenvalue weighted by molar-refractivity contribution is -0.156. The number of ketones is 2. The van der Waals surface area contributed by atoms with Gasteiger partial charge in [0.15, 0.2) is 29.1 Å².